The van der Waals surface area contributed by atoms with Gasteiger partial charge in [-0.25, -0.2) is 14.3 Å². The number of halogens is 1. The number of carbonyl (C=O) groups is 1. The fraction of sp³-hybridized carbons (Fsp3) is 0.294. The van der Waals surface area contributed by atoms with Gasteiger partial charge in [0.05, 0.1) is 23.6 Å². The van der Waals surface area contributed by atoms with E-state index in [1.54, 1.807) is 38.1 Å². The van der Waals surface area contributed by atoms with Crippen LogP contribution in [0.4, 0.5) is 0 Å². The number of nitrogens with zero attached hydrogens (tertiary/aromatic N) is 4. The molecule has 0 radical (unpaired) electrons. The average molecular weight is 377 g/mol. The fourth-order valence-electron chi connectivity index (χ4n) is 2.77. The van der Waals surface area contributed by atoms with Crippen LogP contribution in [0, 0.1) is 0 Å². The van der Waals surface area contributed by atoms with Crippen LogP contribution in [0.5, 0.6) is 0 Å². The van der Waals surface area contributed by atoms with Gasteiger partial charge in [0, 0.05) is 6.54 Å². The van der Waals surface area contributed by atoms with E-state index in [4.69, 9.17) is 16.3 Å². The second-order valence-electron chi connectivity index (χ2n) is 5.47. The van der Waals surface area contributed by atoms with Crippen molar-refractivity contribution in [2.45, 2.75) is 26.9 Å². The molecule has 3 aromatic rings. The van der Waals surface area contributed by atoms with Crippen LogP contribution in [0.1, 0.15) is 13.8 Å². The summed E-state index contributed by atoms with van der Waals surface area (Å²) in [5, 5.41) is 0.345. The highest BCUT2D eigenvalue weighted by molar-refractivity contribution is 6.32. The zero-order valence-electron chi connectivity index (χ0n) is 14.3. The molecule has 0 aliphatic carbocycles. The molecule has 136 valence electrons. The van der Waals surface area contributed by atoms with E-state index in [1.165, 1.54) is 15.5 Å². The van der Waals surface area contributed by atoms with Gasteiger partial charge in [-0.3, -0.25) is 14.2 Å². The Labute approximate surface area is 153 Å². The molecule has 0 aliphatic heterocycles. The first-order valence-corrected chi connectivity index (χ1v) is 8.48. The Balaban J connectivity index is 2.35. The number of hydrogen-bond donors (Lipinski definition) is 0. The first-order chi connectivity index (χ1) is 12.5. The second-order valence-corrected chi connectivity index (χ2v) is 5.88. The molecule has 0 N–H and O–H groups in total. The van der Waals surface area contributed by atoms with Crippen LogP contribution in [-0.4, -0.2) is 31.3 Å². The van der Waals surface area contributed by atoms with Crippen LogP contribution in [-0.2, 0) is 22.6 Å². The van der Waals surface area contributed by atoms with Crippen molar-refractivity contribution in [1.82, 2.24) is 18.7 Å². The highest BCUT2D eigenvalue weighted by Gasteiger charge is 2.20. The van der Waals surface area contributed by atoms with E-state index in [0.29, 0.717) is 10.7 Å². The summed E-state index contributed by atoms with van der Waals surface area (Å²) in [7, 11) is 0. The lowest BCUT2D eigenvalue weighted by Gasteiger charge is -2.12. The number of para-hydroxylation sites is 1. The normalized spacial score (nSPS) is 11.0. The number of fused-ring (bicyclic) bond motifs is 1. The van der Waals surface area contributed by atoms with E-state index in [-0.39, 0.29) is 30.9 Å². The summed E-state index contributed by atoms with van der Waals surface area (Å²) >= 11 is 6.24. The average Bonchev–Trinajstić information content (AvgIpc) is 3.00. The summed E-state index contributed by atoms with van der Waals surface area (Å²) in [5.41, 5.74) is -0.369. The van der Waals surface area contributed by atoms with Crippen molar-refractivity contribution >= 4 is 28.7 Å². The number of hydrogen-bond acceptors (Lipinski definition) is 5. The van der Waals surface area contributed by atoms with Gasteiger partial charge in [-0.2, -0.15) is 0 Å². The third-order valence-electron chi connectivity index (χ3n) is 3.91. The van der Waals surface area contributed by atoms with Crippen molar-refractivity contribution in [1.29, 1.82) is 0 Å². The molecular formula is C17H17ClN4O4. The molecule has 0 spiro atoms. The topological polar surface area (TPSA) is 88.1 Å². The van der Waals surface area contributed by atoms with Gasteiger partial charge in [0.1, 0.15) is 6.54 Å². The lowest BCUT2D eigenvalue weighted by molar-refractivity contribution is -0.143. The number of aromatic nitrogens is 4. The van der Waals surface area contributed by atoms with Gasteiger partial charge in [0.15, 0.2) is 11.2 Å². The third kappa shape index (κ3) is 2.92. The molecule has 0 amide bonds. The van der Waals surface area contributed by atoms with Crippen LogP contribution >= 0.6 is 11.6 Å². The summed E-state index contributed by atoms with van der Waals surface area (Å²) in [6, 6.07) is 6.78. The second kappa shape index (κ2) is 7.17. The minimum Gasteiger partial charge on any atom is -0.465 e. The van der Waals surface area contributed by atoms with Crippen molar-refractivity contribution in [2.24, 2.45) is 0 Å². The Morgan fingerprint density at radius 1 is 1.23 bits per heavy atom. The lowest BCUT2D eigenvalue weighted by Crippen LogP contribution is -2.39. The van der Waals surface area contributed by atoms with Gasteiger partial charge in [-0.05, 0) is 26.0 Å². The number of ether oxygens (including phenoxy) is 1. The van der Waals surface area contributed by atoms with Gasteiger partial charge in [0.2, 0.25) is 0 Å². The zero-order valence-corrected chi connectivity index (χ0v) is 15.1. The predicted molar refractivity (Wildman–Crippen MR) is 96.9 cm³/mol. The predicted octanol–water partition coefficient (Wildman–Crippen LogP) is 1.59. The molecule has 0 bridgehead atoms. The van der Waals surface area contributed by atoms with Gasteiger partial charge < -0.3 is 9.30 Å². The lowest BCUT2D eigenvalue weighted by atomic mass is 10.3. The smallest absolute Gasteiger partial charge is 0.337 e. The molecule has 0 fully saturated rings. The molecule has 26 heavy (non-hydrogen) atoms. The van der Waals surface area contributed by atoms with Crippen LogP contribution in [0.2, 0.25) is 5.02 Å². The Hall–Kier alpha value is -2.87. The summed E-state index contributed by atoms with van der Waals surface area (Å²) in [6.45, 7) is 3.61. The number of benzene rings is 1. The molecule has 0 atom stereocenters. The summed E-state index contributed by atoms with van der Waals surface area (Å²) in [6.07, 6.45) is 1.34. The highest BCUT2D eigenvalue weighted by Crippen LogP contribution is 2.21. The fourth-order valence-corrected chi connectivity index (χ4v) is 2.99. The van der Waals surface area contributed by atoms with Crippen LogP contribution in [0.3, 0.4) is 0 Å². The van der Waals surface area contributed by atoms with Gasteiger partial charge >= 0.3 is 11.7 Å². The van der Waals surface area contributed by atoms with E-state index in [2.05, 4.69) is 4.98 Å². The molecule has 9 heteroatoms. The van der Waals surface area contributed by atoms with E-state index >= 15 is 0 Å². The van der Waals surface area contributed by atoms with Crippen molar-refractivity contribution in [2.75, 3.05) is 6.61 Å². The molecule has 8 nitrogen and oxygen atoms in total. The van der Waals surface area contributed by atoms with Crippen LogP contribution in [0.25, 0.3) is 16.9 Å². The molecule has 0 aliphatic rings. The maximum Gasteiger partial charge on any atom is 0.337 e. The molecule has 3 rings (SSSR count). The first-order valence-electron chi connectivity index (χ1n) is 8.10. The van der Waals surface area contributed by atoms with Gasteiger partial charge in [-0.15, -0.1) is 0 Å². The monoisotopic (exact) mass is 376 g/mol. The molecule has 0 saturated carbocycles. The number of rotatable bonds is 5. The third-order valence-corrected chi connectivity index (χ3v) is 4.23. The van der Waals surface area contributed by atoms with Crippen molar-refractivity contribution in [3.05, 3.63) is 56.5 Å². The minimum atomic E-state index is -0.542. The summed E-state index contributed by atoms with van der Waals surface area (Å²) in [4.78, 5) is 41.6. The maximum absolute atomic E-state index is 12.8. The van der Waals surface area contributed by atoms with Crippen LogP contribution < -0.4 is 11.2 Å². The Morgan fingerprint density at radius 2 is 1.96 bits per heavy atom. The summed E-state index contributed by atoms with van der Waals surface area (Å²) < 4.78 is 8.68. The van der Waals surface area contributed by atoms with Crippen molar-refractivity contribution in [3.8, 4) is 5.69 Å². The minimum absolute atomic E-state index is 0.138. The quantitative estimate of drug-likeness (QED) is 0.631. The van der Waals surface area contributed by atoms with E-state index < -0.39 is 17.2 Å². The zero-order chi connectivity index (χ0) is 18.8. The van der Waals surface area contributed by atoms with Gasteiger partial charge in [0.25, 0.3) is 5.56 Å². The van der Waals surface area contributed by atoms with Gasteiger partial charge in [-0.1, -0.05) is 23.7 Å². The number of esters is 1. The molecule has 2 heterocycles. The van der Waals surface area contributed by atoms with Crippen LogP contribution in [0.15, 0.2) is 40.2 Å². The molecule has 1 aromatic carbocycles. The number of carbonyl (C=O) groups excluding carboxylic acids is 1. The highest BCUT2D eigenvalue weighted by atomic mass is 35.5. The molecule has 2 aromatic heterocycles. The van der Waals surface area contributed by atoms with E-state index in [9.17, 15) is 14.4 Å². The molecule has 0 saturated heterocycles. The summed E-state index contributed by atoms with van der Waals surface area (Å²) in [5.74, 6) is -0.496. The molecular weight excluding hydrogens is 360 g/mol. The van der Waals surface area contributed by atoms with Crippen molar-refractivity contribution < 1.29 is 9.53 Å². The van der Waals surface area contributed by atoms with Crippen molar-refractivity contribution in [3.63, 3.8) is 0 Å². The number of imidazole rings is 1. The van der Waals surface area contributed by atoms with E-state index in [1.807, 2.05) is 0 Å². The molecule has 0 unspecified atom stereocenters. The Kier molecular flexibility index (Phi) is 4.94. The standard InChI is InChI=1S/C17H17ClN4O4/c1-3-21-16(24)14-15(19-10-20(14)9-13(23)26-4-2)22(17(21)25)12-8-6-5-7-11(12)18/h5-8,10H,3-4,9H2,1-2H3. The Morgan fingerprint density at radius 3 is 2.62 bits per heavy atom. The first kappa shape index (κ1) is 17.9. The maximum atomic E-state index is 12.8. The SMILES string of the molecule is CCOC(=O)Cn1cnc2c1c(=O)n(CC)c(=O)n2-c1ccccc1Cl. The van der Waals surface area contributed by atoms with E-state index in [0.717, 1.165) is 4.57 Å². The Bertz CT molecular complexity index is 1100. The largest absolute Gasteiger partial charge is 0.465 e.